The highest BCUT2D eigenvalue weighted by molar-refractivity contribution is 5.95. The summed E-state index contributed by atoms with van der Waals surface area (Å²) >= 11 is 0. The Labute approximate surface area is 227 Å². The number of amides is 2. The summed E-state index contributed by atoms with van der Waals surface area (Å²) in [5.74, 6) is -0.628. The molecular weight excluding hydrogens is 500 g/mol. The number of unbranched alkanes of at least 4 members (excludes halogenated alkanes) is 1. The molecule has 0 aliphatic rings. The lowest BCUT2D eigenvalue weighted by Gasteiger charge is -2.10. The molecule has 39 heavy (non-hydrogen) atoms. The Morgan fingerprint density at radius 1 is 0.744 bits per heavy atom. The molecule has 0 aromatic heterocycles. The van der Waals surface area contributed by atoms with Gasteiger partial charge in [0, 0.05) is 17.8 Å². The van der Waals surface area contributed by atoms with E-state index in [1.807, 2.05) is 38.1 Å². The topological polar surface area (TPSA) is 120 Å². The average Bonchev–Trinajstić information content (AvgIpc) is 2.93. The quantitative estimate of drug-likeness (QED) is 0.216. The number of aryl methyl sites for hydroxylation is 1. The van der Waals surface area contributed by atoms with Gasteiger partial charge in [0.2, 0.25) is 5.91 Å². The number of hydrogen-bond acceptors (Lipinski definition) is 7. The summed E-state index contributed by atoms with van der Waals surface area (Å²) in [4.78, 5) is 48.2. The fraction of sp³-hybridized carbons (Fsp3) is 0.267. The molecule has 3 rings (SSSR count). The Kier molecular flexibility index (Phi) is 11.1. The molecule has 0 spiro atoms. The number of carbonyl (C=O) groups excluding carboxylic acids is 4. The molecular formula is C30H32N2O7. The van der Waals surface area contributed by atoms with E-state index in [9.17, 15) is 19.2 Å². The van der Waals surface area contributed by atoms with Gasteiger partial charge >= 0.3 is 11.9 Å². The zero-order valence-electron chi connectivity index (χ0n) is 22.0. The number of ether oxygens (including phenoxy) is 3. The van der Waals surface area contributed by atoms with Crippen LogP contribution in [-0.2, 0) is 23.9 Å². The maximum absolute atomic E-state index is 12.2. The third kappa shape index (κ3) is 9.96. The molecule has 0 bridgehead atoms. The summed E-state index contributed by atoms with van der Waals surface area (Å²) in [6, 6.07) is 20.7. The normalized spacial score (nSPS) is 10.3. The van der Waals surface area contributed by atoms with Crippen LogP contribution in [0.25, 0.3) is 0 Å². The Morgan fingerprint density at radius 3 is 2.05 bits per heavy atom. The standard InChI is InChI=1S/C30H32N2O7/c1-3-4-19-37-30(36)22-9-11-23(12-10-22)32-28(34)20-38-29(35)18-17-27(33)31-24-13-15-25(16-14-24)39-26-8-6-5-7-21(26)2/h5-16H,3-4,17-20H2,1-2H3,(H,31,33)(H,32,34). The van der Waals surface area contributed by atoms with Crippen molar-refractivity contribution in [1.82, 2.24) is 0 Å². The Morgan fingerprint density at radius 2 is 1.38 bits per heavy atom. The molecule has 0 atom stereocenters. The molecule has 2 amide bonds. The van der Waals surface area contributed by atoms with E-state index in [1.54, 1.807) is 48.5 Å². The van der Waals surface area contributed by atoms with Crippen LogP contribution in [0.5, 0.6) is 11.5 Å². The van der Waals surface area contributed by atoms with E-state index in [2.05, 4.69) is 10.6 Å². The van der Waals surface area contributed by atoms with E-state index in [0.717, 1.165) is 24.2 Å². The molecule has 0 saturated carbocycles. The van der Waals surface area contributed by atoms with Crippen LogP contribution in [0, 0.1) is 6.92 Å². The molecule has 9 heteroatoms. The second-order valence-electron chi connectivity index (χ2n) is 8.72. The highest BCUT2D eigenvalue weighted by Crippen LogP contribution is 2.25. The van der Waals surface area contributed by atoms with Crippen molar-refractivity contribution in [3.63, 3.8) is 0 Å². The molecule has 0 fully saturated rings. The van der Waals surface area contributed by atoms with E-state index < -0.39 is 24.5 Å². The molecule has 0 aliphatic heterocycles. The fourth-order valence-electron chi connectivity index (χ4n) is 3.34. The largest absolute Gasteiger partial charge is 0.462 e. The molecule has 204 valence electrons. The van der Waals surface area contributed by atoms with E-state index in [4.69, 9.17) is 14.2 Å². The van der Waals surface area contributed by atoms with E-state index in [-0.39, 0.29) is 18.7 Å². The SMILES string of the molecule is CCCCOC(=O)c1ccc(NC(=O)COC(=O)CCC(=O)Nc2ccc(Oc3ccccc3C)cc2)cc1. The number of hydrogen-bond donors (Lipinski definition) is 2. The minimum absolute atomic E-state index is 0.0995. The van der Waals surface area contributed by atoms with Crippen molar-refractivity contribution >= 4 is 35.1 Å². The first-order valence-electron chi connectivity index (χ1n) is 12.7. The first-order valence-corrected chi connectivity index (χ1v) is 12.7. The summed E-state index contributed by atoms with van der Waals surface area (Å²) in [5.41, 5.74) is 2.39. The van der Waals surface area contributed by atoms with E-state index in [0.29, 0.717) is 29.3 Å². The van der Waals surface area contributed by atoms with E-state index in [1.165, 1.54) is 0 Å². The van der Waals surface area contributed by atoms with Crippen LogP contribution in [0.2, 0.25) is 0 Å². The Bertz CT molecular complexity index is 1270. The zero-order chi connectivity index (χ0) is 28.0. The smallest absolute Gasteiger partial charge is 0.338 e. The molecule has 9 nitrogen and oxygen atoms in total. The van der Waals surface area contributed by atoms with Gasteiger partial charge in [0.15, 0.2) is 6.61 Å². The van der Waals surface area contributed by atoms with Gasteiger partial charge in [-0.15, -0.1) is 0 Å². The molecule has 0 radical (unpaired) electrons. The van der Waals surface area contributed by atoms with Gasteiger partial charge < -0.3 is 24.8 Å². The third-order valence-corrected chi connectivity index (χ3v) is 5.52. The number of anilines is 2. The summed E-state index contributed by atoms with van der Waals surface area (Å²) in [7, 11) is 0. The molecule has 0 heterocycles. The van der Waals surface area contributed by atoms with Crippen LogP contribution in [0.4, 0.5) is 11.4 Å². The van der Waals surface area contributed by atoms with Crippen molar-refractivity contribution < 1.29 is 33.4 Å². The van der Waals surface area contributed by atoms with Gasteiger partial charge in [-0.05, 0) is 73.5 Å². The van der Waals surface area contributed by atoms with Crippen LogP contribution >= 0.6 is 0 Å². The van der Waals surface area contributed by atoms with Gasteiger partial charge in [-0.25, -0.2) is 4.79 Å². The lowest BCUT2D eigenvalue weighted by atomic mass is 10.2. The van der Waals surface area contributed by atoms with E-state index >= 15 is 0 Å². The number of para-hydroxylation sites is 1. The number of benzene rings is 3. The van der Waals surface area contributed by atoms with Crippen LogP contribution in [0.3, 0.4) is 0 Å². The minimum atomic E-state index is -0.674. The maximum atomic E-state index is 12.2. The zero-order valence-corrected chi connectivity index (χ0v) is 22.0. The lowest BCUT2D eigenvalue weighted by Crippen LogP contribution is -2.21. The highest BCUT2D eigenvalue weighted by Gasteiger charge is 2.12. The first-order chi connectivity index (χ1) is 18.8. The van der Waals surface area contributed by atoms with Gasteiger partial charge in [-0.1, -0.05) is 31.5 Å². The van der Waals surface area contributed by atoms with Gasteiger partial charge in [0.25, 0.3) is 5.91 Å². The predicted octanol–water partition coefficient (Wildman–Crippen LogP) is 5.64. The van der Waals surface area contributed by atoms with Crippen LogP contribution in [0.1, 0.15) is 48.5 Å². The second kappa shape index (κ2) is 14.9. The van der Waals surface area contributed by atoms with Crippen LogP contribution in [0.15, 0.2) is 72.8 Å². The number of carbonyl (C=O) groups is 4. The average molecular weight is 533 g/mol. The summed E-state index contributed by atoms with van der Waals surface area (Å²) in [6.07, 6.45) is 1.44. The third-order valence-electron chi connectivity index (χ3n) is 5.52. The van der Waals surface area contributed by atoms with Gasteiger partial charge in [0.05, 0.1) is 18.6 Å². The van der Waals surface area contributed by atoms with Crippen molar-refractivity contribution in [2.24, 2.45) is 0 Å². The van der Waals surface area contributed by atoms with Crippen molar-refractivity contribution in [3.05, 3.63) is 83.9 Å². The summed E-state index contributed by atoms with van der Waals surface area (Å²) < 4.78 is 15.9. The molecule has 0 saturated heterocycles. The number of nitrogens with one attached hydrogen (secondary N) is 2. The van der Waals surface area contributed by atoms with Crippen molar-refractivity contribution in [2.75, 3.05) is 23.8 Å². The summed E-state index contributed by atoms with van der Waals surface area (Å²) in [5, 5.41) is 5.29. The van der Waals surface area contributed by atoms with Crippen molar-refractivity contribution in [2.45, 2.75) is 39.5 Å². The first kappa shape index (κ1) is 28.9. The van der Waals surface area contributed by atoms with Gasteiger partial charge in [-0.3, -0.25) is 14.4 Å². The molecule has 0 aliphatic carbocycles. The van der Waals surface area contributed by atoms with Crippen molar-refractivity contribution in [3.8, 4) is 11.5 Å². The van der Waals surface area contributed by atoms with Crippen LogP contribution < -0.4 is 15.4 Å². The summed E-state index contributed by atoms with van der Waals surface area (Å²) in [6.45, 7) is 3.82. The molecule has 3 aromatic carbocycles. The molecule has 3 aromatic rings. The predicted molar refractivity (Wildman–Crippen MR) is 147 cm³/mol. The van der Waals surface area contributed by atoms with Gasteiger partial charge in [0.1, 0.15) is 11.5 Å². The number of rotatable bonds is 13. The minimum Gasteiger partial charge on any atom is -0.462 e. The Hall–Kier alpha value is -4.66. The fourth-order valence-corrected chi connectivity index (χ4v) is 3.34. The maximum Gasteiger partial charge on any atom is 0.338 e. The highest BCUT2D eigenvalue weighted by atomic mass is 16.5. The Balaban J connectivity index is 1.34. The lowest BCUT2D eigenvalue weighted by molar-refractivity contribution is -0.147. The molecule has 2 N–H and O–H groups in total. The van der Waals surface area contributed by atoms with Crippen molar-refractivity contribution in [1.29, 1.82) is 0 Å². The monoisotopic (exact) mass is 532 g/mol. The molecule has 0 unspecified atom stereocenters. The number of esters is 2. The second-order valence-corrected chi connectivity index (χ2v) is 8.72. The van der Waals surface area contributed by atoms with Crippen LogP contribution in [-0.4, -0.2) is 37.0 Å². The van der Waals surface area contributed by atoms with Gasteiger partial charge in [-0.2, -0.15) is 0 Å².